The van der Waals surface area contributed by atoms with Crippen LogP contribution in [0.3, 0.4) is 0 Å². The summed E-state index contributed by atoms with van der Waals surface area (Å²) in [4.78, 5) is 25.3. The molecule has 0 bridgehead atoms. The zero-order valence-electron chi connectivity index (χ0n) is 23.1. The van der Waals surface area contributed by atoms with Crippen LogP contribution in [0.1, 0.15) is 27.6 Å². The second-order valence-corrected chi connectivity index (χ2v) is 9.30. The molecule has 1 aliphatic rings. The Hall–Kier alpha value is -2.51. The number of rotatable bonds is 6. The highest BCUT2D eigenvalue weighted by atomic mass is 16.5. The van der Waals surface area contributed by atoms with Gasteiger partial charge < -0.3 is 28.8 Å². The molecular weight excluding hydrogens is 504 g/mol. The van der Waals surface area contributed by atoms with Gasteiger partial charge in [-0.05, 0) is 31.2 Å². The van der Waals surface area contributed by atoms with Gasteiger partial charge in [-0.25, -0.2) is 9.78 Å². The van der Waals surface area contributed by atoms with Gasteiger partial charge in [-0.1, -0.05) is 12.1 Å². The molecule has 1 atom stereocenters. The number of nitrogens with zero attached hydrogens (tertiary/aromatic N) is 4. The van der Waals surface area contributed by atoms with Crippen molar-refractivity contribution in [3.8, 4) is 0 Å². The van der Waals surface area contributed by atoms with Crippen LogP contribution in [0.2, 0.25) is 0 Å². The van der Waals surface area contributed by atoms with E-state index >= 15 is 0 Å². The number of hydrogen-bond acceptors (Lipinski definition) is 11. The number of aryl methyl sites for hydroxylation is 1. The Morgan fingerprint density at radius 3 is 2.08 bits per heavy atom. The van der Waals surface area contributed by atoms with E-state index in [2.05, 4.69) is 19.8 Å². The summed E-state index contributed by atoms with van der Waals surface area (Å²) < 4.78 is 28.2. The number of carbonyl (C=O) groups excluding carboxylic acids is 1. The van der Waals surface area contributed by atoms with Crippen molar-refractivity contribution >= 4 is 5.97 Å². The molecule has 1 N–H and O–H groups in total. The zero-order valence-corrected chi connectivity index (χ0v) is 23.1. The molecule has 1 fully saturated rings. The molecule has 0 unspecified atom stereocenters. The van der Waals surface area contributed by atoms with Crippen LogP contribution in [-0.4, -0.2) is 123 Å². The van der Waals surface area contributed by atoms with E-state index < -0.39 is 12.1 Å². The van der Waals surface area contributed by atoms with Crippen LogP contribution in [-0.2, 0) is 36.8 Å². The Kier molecular flexibility index (Phi) is 14.3. The lowest BCUT2D eigenvalue weighted by molar-refractivity contribution is -0.0535. The molecule has 2 aromatic rings. The number of aliphatic hydroxyl groups is 1. The monoisotopic (exact) mass is 546 g/mol. The number of hydrogen-bond donors (Lipinski definition) is 1. The van der Waals surface area contributed by atoms with Crippen LogP contribution in [0.4, 0.5) is 0 Å². The standard InChI is InChI=1S/C28H42N4O7/c1-23-5-3-6-24(29-23)19-32-10-14-37-18-17-36-13-9-31(11-15-38-22-26(21-33)39-16-12-32)20-25-7-4-8-27(30-25)28(34)35-2/h3-8,26,33H,9-22H2,1-2H3/t26-/m1/s1. The van der Waals surface area contributed by atoms with Crippen molar-refractivity contribution in [3.63, 3.8) is 0 Å². The van der Waals surface area contributed by atoms with Crippen molar-refractivity contribution in [1.29, 1.82) is 0 Å². The summed E-state index contributed by atoms with van der Waals surface area (Å²) >= 11 is 0. The zero-order chi connectivity index (χ0) is 27.7. The first kappa shape index (κ1) is 31.0. The van der Waals surface area contributed by atoms with Gasteiger partial charge in [-0.2, -0.15) is 0 Å². The molecule has 1 saturated heterocycles. The van der Waals surface area contributed by atoms with Gasteiger partial charge in [0.05, 0.1) is 71.4 Å². The summed E-state index contributed by atoms with van der Waals surface area (Å²) in [7, 11) is 1.34. The van der Waals surface area contributed by atoms with Crippen LogP contribution in [0, 0.1) is 6.92 Å². The number of methoxy groups -OCH3 is 1. The molecule has 2 aromatic heterocycles. The van der Waals surface area contributed by atoms with E-state index in [-0.39, 0.29) is 12.3 Å². The lowest BCUT2D eigenvalue weighted by Crippen LogP contribution is -2.35. The van der Waals surface area contributed by atoms with Crippen LogP contribution >= 0.6 is 0 Å². The molecule has 1 aliphatic heterocycles. The minimum atomic E-state index is -0.465. The smallest absolute Gasteiger partial charge is 0.356 e. The molecule has 0 aromatic carbocycles. The first-order valence-corrected chi connectivity index (χ1v) is 13.4. The van der Waals surface area contributed by atoms with E-state index in [1.54, 1.807) is 12.1 Å². The molecule has 216 valence electrons. The first-order chi connectivity index (χ1) is 19.1. The van der Waals surface area contributed by atoms with Gasteiger partial charge in [0.2, 0.25) is 0 Å². The van der Waals surface area contributed by atoms with E-state index in [0.717, 1.165) is 23.6 Å². The number of ether oxygens (including phenoxy) is 5. The SMILES string of the molecule is COC(=O)c1cccc(CN2CCOCCOCCN(Cc3cccc(C)n3)CCO[C@H](CO)COCC2)n1. The number of carbonyl (C=O) groups is 1. The van der Waals surface area contributed by atoms with E-state index in [0.29, 0.717) is 79.0 Å². The maximum atomic E-state index is 11.9. The number of pyridine rings is 2. The molecule has 39 heavy (non-hydrogen) atoms. The maximum Gasteiger partial charge on any atom is 0.356 e. The molecule has 0 spiro atoms. The molecule has 3 heterocycles. The van der Waals surface area contributed by atoms with Crippen LogP contribution < -0.4 is 0 Å². The summed E-state index contributed by atoms with van der Waals surface area (Å²) in [6.45, 7) is 9.06. The summed E-state index contributed by atoms with van der Waals surface area (Å²) in [6, 6.07) is 11.3. The van der Waals surface area contributed by atoms with Crippen molar-refractivity contribution < 1.29 is 33.6 Å². The number of esters is 1. The Morgan fingerprint density at radius 1 is 0.872 bits per heavy atom. The van der Waals surface area contributed by atoms with Crippen molar-refractivity contribution in [3.05, 3.63) is 59.2 Å². The van der Waals surface area contributed by atoms with Gasteiger partial charge in [-0.15, -0.1) is 0 Å². The maximum absolute atomic E-state index is 11.9. The third kappa shape index (κ3) is 12.0. The van der Waals surface area contributed by atoms with Gasteiger partial charge in [0, 0.05) is 45.0 Å². The molecule has 11 nitrogen and oxygen atoms in total. The highest BCUT2D eigenvalue weighted by Gasteiger charge is 2.14. The lowest BCUT2D eigenvalue weighted by atomic mass is 10.3. The average Bonchev–Trinajstić information content (AvgIpc) is 2.94. The normalized spacial score (nSPS) is 20.1. The van der Waals surface area contributed by atoms with Gasteiger partial charge >= 0.3 is 5.97 Å². The minimum absolute atomic E-state index is 0.121. The van der Waals surface area contributed by atoms with Crippen LogP contribution in [0.25, 0.3) is 0 Å². The molecule has 0 amide bonds. The highest BCUT2D eigenvalue weighted by Crippen LogP contribution is 2.07. The van der Waals surface area contributed by atoms with Gasteiger partial charge in [0.1, 0.15) is 11.8 Å². The predicted molar refractivity (Wildman–Crippen MR) is 144 cm³/mol. The van der Waals surface area contributed by atoms with Crippen molar-refractivity contribution in [2.45, 2.75) is 26.1 Å². The summed E-state index contributed by atoms with van der Waals surface area (Å²) in [6.07, 6.45) is -0.408. The van der Waals surface area contributed by atoms with Crippen molar-refractivity contribution in [1.82, 2.24) is 19.8 Å². The Balaban J connectivity index is 1.54. The second kappa shape index (κ2) is 18.0. The van der Waals surface area contributed by atoms with Crippen molar-refractivity contribution in [2.75, 3.05) is 86.1 Å². The molecule has 0 radical (unpaired) electrons. The van der Waals surface area contributed by atoms with Crippen molar-refractivity contribution in [2.24, 2.45) is 0 Å². The summed E-state index contributed by atoms with van der Waals surface area (Å²) in [5.41, 5.74) is 3.02. The second-order valence-electron chi connectivity index (χ2n) is 9.30. The van der Waals surface area contributed by atoms with Gasteiger partial charge in [-0.3, -0.25) is 14.8 Å². The molecule has 3 rings (SSSR count). The van der Waals surface area contributed by atoms with Gasteiger partial charge in [0.25, 0.3) is 0 Å². The van der Waals surface area contributed by atoms with E-state index in [9.17, 15) is 9.90 Å². The summed E-state index contributed by atoms with van der Waals surface area (Å²) in [5.74, 6) is -0.465. The Bertz CT molecular complexity index is 980. The predicted octanol–water partition coefficient (Wildman–Crippen LogP) is 1.32. The number of aromatic nitrogens is 2. The molecule has 0 aliphatic carbocycles. The fourth-order valence-corrected chi connectivity index (χ4v) is 4.09. The first-order valence-electron chi connectivity index (χ1n) is 13.4. The summed E-state index contributed by atoms with van der Waals surface area (Å²) in [5, 5.41) is 9.80. The van der Waals surface area contributed by atoms with Crippen LogP contribution in [0.5, 0.6) is 0 Å². The largest absolute Gasteiger partial charge is 0.464 e. The van der Waals surface area contributed by atoms with E-state index in [4.69, 9.17) is 23.7 Å². The van der Waals surface area contributed by atoms with E-state index in [1.165, 1.54) is 7.11 Å². The third-order valence-electron chi connectivity index (χ3n) is 6.21. The lowest BCUT2D eigenvalue weighted by Gasteiger charge is -2.25. The number of aliphatic hydroxyl groups excluding tert-OH is 1. The molecule has 11 heteroatoms. The fourth-order valence-electron chi connectivity index (χ4n) is 4.09. The average molecular weight is 547 g/mol. The topological polar surface area (TPSA) is 116 Å². The Morgan fingerprint density at radius 2 is 1.46 bits per heavy atom. The highest BCUT2D eigenvalue weighted by molar-refractivity contribution is 5.87. The van der Waals surface area contributed by atoms with E-state index in [1.807, 2.05) is 31.2 Å². The molecular formula is C28H42N4O7. The Labute approximate surface area is 231 Å². The quantitative estimate of drug-likeness (QED) is 0.529. The minimum Gasteiger partial charge on any atom is -0.464 e. The van der Waals surface area contributed by atoms with Crippen LogP contribution in [0.15, 0.2) is 36.4 Å². The molecule has 0 saturated carbocycles. The fraction of sp³-hybridized carbons (Fsp3) is 0.607. The third-order valence-corrected chi connectivity index (χ3v) is 6.21. The van der Waals surface area contributed by atoms with Gasteiger partial charge in [0.15, 0.2) is 0 Å².